The van der Waals surface area contributed by atoms with Gasteiger partial charge < -0.3 is 10.6 Å². The van der Waals surface area contributed by atoms with Gasteiger partial charge in [-0.3, -0.25) is 0 Å². The topological polar surface area (TPSA) is 49.8 Å². The molecule has 0 unspecified atom stereocenters. The number of anilines is 2. The number of rotatable bonds is 7. The summed E-state index contributed by atoms with van der Waals surface area (Å²) >= 11 is 0. The highest BCUT2D eigenvalue weighted by Gasteiger charge is 2.25. The normalized spacial score (nSPS) is 11.4. The molecule has 0 spiro atoms. The van der Waals surface area contributed by atoms with E-state index in [4.69, 9.17) is 0 Å². The molecule has 2 N–H and O–H groups in total. The summed E-state index contributed by atoms with van der Waals surface area (Å²) in [6.45, 7) is 4.97. The highest BCUT2D eigenvalue weighted by atomic mass is 19.4. The van der Waals surface area contributed by atoms with Gasteiger partial charge in [0.2, 0.25) is 5.95 Å². The molecule has 108 valence electrons. The van der Waals surface area contributed by atoms with Gasteiger partial charge in [0.25, 0.3) is 0 Å². The molecule has 0 aliphatic heterocycles. The number of nitrogens with zero attached hydrogens (tertiary/aromatic N) is 2. The number of hydrogen-bond donors (Lipinski definition) is 2. The molecule has 0 aliphatic carbocycles. The molecular formula is C12H19F3N4. The molecule has 19 heavy (non-hydrogen) atoms. The maximum Gasteiger partial charge on any atom is 0.389 e. The third kappa shape index (κ3) is 6.83. The Hall–Kier alpha value is -1.53. The van der Waals surface area contributed by atoms with Gasteiger partial charge in [0.15, 0.2) is 0 Å². The van der Waals surface area contributed by atoms with Crippen molar-refractivity contribution in [1.29, 1.82) is 0 Å². The van der Waals surface area contributed by atoms with Crippen molar-refractivity contribution in [2.45, 2.75) is 39.3 Å². The Morgan fingerprint density at radius 3 is 2.53 bits per heavy atom. The molecule has 0 saturated heterocycles. The Labute approximate surface area is 110 Å². The molecule has 0 atom stereocenters. The average Bonchev–Trinajstić information content (AvgIpc) is 2.26. The third-order valence-corrected chi connectivity index (χ3v) is 2.38. The molecule has 0 aliphatic rings. The Bertz CT molecular complexity index is 393. The van der Waals surface area contributed by atoms with Crippen molar-refractivity contribution in [3.63, 3.8) is 0 Å². The number of aromatic nitrogens is 2. The average molecular weight is 276 g/mol. The van der Waals surface area contributed by atoms with Crippen LogP contribution in [0.2, 0.25) is 0 Å². The summed E-state index contributed by atoms with van der Waals surface area (Å²) in [5, 5.41) is 6.01. The Balaban J connectivity index is 2.36. The first-order valence-corrected chi connectivity index (χ1v) is 6.31. The summed E-state index contributed by atoms with van der Waals surface area (Å²) < 4.78 is 35.8. The lowest BCUT2D eigenvalue weighted by molar-refractivity contribution is -0.135. The number of aryl methyl sites for hydroxylation is 1. The van der Waals surface area contributed by atoms with Crippen molar-refractivity contribution in [2.75, 3.05) is 23.7 Å². The van der Waals surface area contributed by atoms with Gasteiger partial charge in [-0.05, 0) is 26.7 Å². The lowest BCUT2D eigenvalue weighted by Gasteiger charge is -2.09. The highest BCUT2D eigenvalue weighted by molar-refractivity contribution is 5.41. The molecule has 0 aromatic carbocycles. The van der Waals surface area contributed by atoms with Gasteiger partial charge in [0, 0.05) is 31.3 Å². The zero-order valence-electron chi connectivity index (χ0n) is 11.1. The maximum atomic E-state index is 11.9. The summed E-state index contributed by atoms with van der Waals surface area (Å²) in [4.78, 5) is 8.40. The number of alkyl halides is 3. The summed E-state index contributed by atoms with van der Waals surface area (Å²) in [5.41, 5.74) is 0.809. The second kappa shape index (κ2) is 7.16. The van der Waals surface area contributed by atoms with Gasteiger partial charge in [-0.25, -0.2) is 4.98 Å². The first kappa shape index (κ1) is 15.5. The maximum absolute atomic E-state index is 11.9. The first-order valence-electron chi connectivity index (χ1n) is 6.31. The molecule has 4 nitrogen and oxygen atoms in total. The van der Waals surface area contributed by atoms with E-state index in [-0.39, 0.29) is 6.42 Å². The van der Waals surface area contributed by atoms with Crippen LogP contribution >= 0.6 is 0 Å². The predicted molar refractivity (Wildman–Crippen MR) is 69.3 cm³/mol. The second-order valence-corrected chi connectivity index (χ2v) is 4.25. The fourth-order valence-electron chi connectivity index (χ4n) is 1.56. The van der Waals surface area contributed by atoms with Gasteiger partial charge in [0.1, 0.15) is 5.82 Å². The summed E-state index contributed by atoms with van der Waals surface area (Å²) in [6, 6.07) is 1.77. The SMILES string of the molecule is CCNc1nc(C)cc(NCCCCC(F)(F)F)n1. The van der Waals surface area contributed by atoms with Crippen LogP contribution in [0.5, 0.6) is 0 Å². The van der Waals surface area contributed by atoms with Gasteiger partial charge in [-0.2, -0.15) is 18.2 Å². The molecule has 0 fully saturated rings. The van der Waals surface area contributed by atoms with E-state index in [1.54, 1.807) is 6.07 Å². The molecule has 0 radical (unpaired) electrons. The molecule has 0 saturated carbocycles. The summed E-state index contributed by atoms with van der Waals surface area (Å²) in [7, 11) is 0. The van der Waals surface area contributed by atoms with E-state index >= 15 is 0 Å². The van der Waals surface area contributed by atoms with Crippen LogP contribution in [-0.2, 0) is 0 Å². The van der Waals surface area contributed by atoms with Gasteiger partial charge in [-0.15, -0.1) is 0 Å². The van der Waals surface area contributed by atoms with E-state index in [0.717, 1.165) is 5.69 Å². The molecule has 7 heteroatoms. The lowest BCUT2D eigenvalue weighted by atomic mass is 10.2. The van der Waals surface area contributed by atoms with Crippen molar-refractivity contribution >= 4 is 11.8 Å². The largest absolute Gasteiger partial charge is 0.389 e. The fourth-order valence-corrected chi connectivity index (χ4v) is 1.56. The zero-order valence-corrected chi connectivity index (χ0v) is 11.1. The standard InChI is InChI=1S/C12H19F3N4/c1-3-16-11-18-9(2)8-10(19-11)17-7-5-4-6-12(13,14)15/h8H,3-7H2,1-2H3,(H2,16,17,18,19). The minimum absolute atomic E-state index is 0.126. The van der Waals surface area contributed by atoms with Crippen molar-refractivity contribution in [1.82, 2.24) is 9.97 Å². The van der Waals surface area contributed by atoms with Crippen LogP contribution in [0, 0.1) is 6.92 Å². The molecule has 1 heterocycles. The number of nitrogens with one attached hydrogen (secondary N) is 2. The highest BCUT2D eigenvalue weighted by Crippen LogP contribution is 2.22. The number of hydrogen-bond acceptors (Lipinski definition) is 4. The van der Waals surface area contributed by atoms with E-state index in [2.05, 4.69) is 20.6 Å². The molecule has 0 amide bonds. The smallest absolute Gasteiger partial charge is 0.370 e. The van der Waals surface area contributed by atoms with Crippen molar-refractivity contribution in [3.8, 4) is 0 Å². The van der Waals surface area contributed by atoms with Crippen LogP contribution in [0.3, 0.4) is 0 Å². The Morgan fingerprint density at radius 1 is 1.16 bits per heavy atom. The van der Waals surface area contributed by atoms with Gasteiger partial charge in [0.05, 0.1) is 0 Å². The van der Waals surface area contributed by atoms with Crippen LogP contribution in [0.15, 0.2) is 6.07 Å². The van der Waals surface area contributed by atoms with E-state index < -0.39 is 12.6 Å². The van der Waals surface area contributed by atoms with Crippen LogP contribution < -0.4 is 10.6 Å². The van der Waals surface area contributed by atoms with Crippen molar-refractivity contribution < 1.29 is 13.2 Å². The Kier molecular flexibility index (Phi) is 5.85. The third-order valence-electron chi connectivity index (χ3n) is 2.38. The quantitative estimate of drug-likeness (QED) is 0.750. The summed E-state index contributed by atoms with van der Waals surface area (Å²) in [6.07, 6.45) is -4.22. The van der Waals surface area contributed by atoms with E-state index in [1.807, 2.05) is 13.8 Å². The molecule has 0 bridgehead atoms. The van der Waals surface area contributed by atoms with Gasteiger partial charge in [-0.1, -0.05) is 0 Å². The van der Waals surface area contributed by atoms with Gasteiger partial charge >= 0.3 is 6.18 Å². The van der Waals surface area contributed by atoms with E-state index in [0.29, 0.717) is 31.3 Å². The first-order chi connectivity index (χ1) is 8.90. The van der Waals surface area contributed by atoms with E-state index in [1.165, 1.54) is 0 Å². The predicted octanol–water partition coefficient (Wildman–Crippen LogP) is 3.36. The molecule has 1 rings (SSSR count). The van der Waals surface area contributed by atoms with Crippen LogP contribution in [0.4, 0.5) is 24.9 Å². The minimum Gasteiger partial charge on any atom is -0.370 e. The summed E-state index contributed by atoms with van der Waals surface area (Å²) in [5.74, 6) is 1.16. The van der Waals surface area contributed by atoms with Crippen molar-refractivity contribution in [2.24, 2.45) is 0 Å². The minimum atomic E-state index is -4.07. The molecule has 1 aromatic heterocycles. The molecule has 1 aromatic rings. The van der Waals surface area contributed by atoms with Crippen LogP contribution in [-0.4, -0.2) is 29.2 Å². The van der Waals surface area contributed by atoms with Crippen LogP contribution in [0.25, 0.3) is 0 Å². The second-order valence-electron chi connectivity index (χ2n) is 4.25. The monoisotopic (exact) mass is 276 g/mol. The van der Waals surface area contributed by atoms with Crippen LogP contribution in [0.1, 0.15) is 31.9 Å². The Morgan fingerprint density at radius 2 is 1.89 bits per heavy atom. The van der Waals surface area contributed by atoms with E-state index in [9.17, 15) is 13.2 Å². The van der Waals surface area contributed by atoms with Crippen molar-refractivity contribution in [3.05, 3.63) is 11.8 Å². The number of halogens is 3. The molecular weight excluding hydrogens is 257 g/mol. The fraction of sp³-hybridized carbons (Fsp3) is 0.667. The number of unbranched alkanes of at least 4 members (excludes halogenated alkanes) is 1. The zero-order chi connectivity index (χ0) is 14.3. The lowest BCUT2D eigenvalue weighted by Crippen LogP contribution is -2.10.